The first kappa shape index (κ1) is 13.4. The molecule has 0 radical (unpaired) electrons. The average molecular weight is 285 g/mol. The lowest BCUT2D eigenvalue weighted by atomic mass is 10.0. The van der Waals surface area contributed by atoms with Crippen molar-refractivity contribution in [1.29, 1.82) is 0 Å². The Kier molecular flexibility index (Phi) is 3.03. The van der Waals surface area contributed by atoms with Crippen LogP contribution in [0, 0.1) is 6.92 Å². The molecule has 1 amide bonds. The Balaban J connectivity index is 2.27. The topological polar surface area (TPSA) is 94.2 Å². The summed E-state index contributed by atoms with van der Waals surface area (Å²) >= 11 is 0. The van der Waals surface area contributed by atoms with Gasteiger partial charge < -0.3 is 10.1 Å². The van der Waals surface area contributed by atoms with Crippen LogP contribution in [0.3, 0.4) is 0 Å². The molecule has 1 aromatic carbocycles. The highest BCUT2D eigenvalue weighted by Crippen LogP contribution is 2.28. The molecule has 21 heavy (non-hydrogen) atoms. The monoisotopic (exact) mass is 285 g/mol. The lowest BCUT2D eigenvalue weighted by Gasteiger charge is -2.08. The number of aryl methyl sites for hydroxylation is 1. The van der Waals surface area contributed by atoms with Gasteiger partial charge in [0.05, 0.1) is 17.1 Å². The van der Waals surface area contributed by atoms with E-state index in [1.54, 1.807) is 19.1 Å². The number of amides is 1. The van der Waals surface area contributed by atoms with E-state index in [1.807, 2.05) is 13.0 Å². The number of pyridine rings is 1. The summed E-state index contributed by atoms with van der Waals surface area (Å²) in [5.41, 5.74) is 6.78. The molecule has 6 nitrogen and oxygen atoms in total. The summed E-state index contributed by atoms with van der Waals surface area (Å²) in [6.07, 6.45) is 1.43. The zero-order valence-electron chi connectivity index (χ0n) is 11.7. The van der Waals surface area contributed by atoms with E-state index in [1.165, 1.54) is 6.08 Å². The Hall–Kier alpha value is -2.60. The zero-order valence-corrected chi connectivity index (χ0v) is 11.7. The van der Waals surface area contributed by atoms with Gasteiger partial charge in [-0.3, -0.25) is 15.0 Å². The Labute approximate surface area is 120 Å². The van der Waals surface area contributed by atoms with Crippen LogP contribution in [-0.4, -0.2) is 22.0 Å². The molecule has 1 aliphatic rings. The SMILES string of the molecule is Cc1cccc2c(O)c(C=C3C(=O)NNC3C)c(=O)[nH]c12. The number of aromatic hydroxyl groups is 1. The van der Waals surface area contributed by atoms with Crippen LogP contribution in [0.2, 0.25) is 0 Å². The van der Waals surface area contributed by atoms with Crippen molar-refractivity contribution in [2.45, 2.75) is 19.9 Å². The van der Waals surface area contributed by atoms with Crippen molar-refractivity contribution in [3.8, 4) is 5.75 Å². The fourth-order valence-electron chi connectivity index (χ4n) is 2.46. The number of aromatic amines is 1. The summed E-state index contributed by atoms with van der Waals surface area (Å²) in [6, 6.07) is 5.15. The third kappa shape index (κ3) is 2.09. The van der Waals surface area contributed by atoms with Crippen LogP contribution in [-0.2, 0) is 4.79 Å². The van der Waals surface area contributed by atoms with E-state index < -0.39 is 5.56 Å². The second-order valence-electron chi connectivity index (χ2n) is 5.13. The number of hydrogen-bond acceptors (Lipinski definition) is 4. The molecule has 1 atom stereocenters. The third-order valence-electron chi connectivity index (χ3n) is 3.70. The number of para-hydroxylation sites is 1. The normalized spacial score (nSPS) is 20.2. The summed E-state index contributed by atoms with van der Waals surface area (Å²) in [4.78, 5) is 26.6. The number of fused-ring (bicyclic) bond motifs is 1. The van der Waals surface area contributed by atoms with Gasteiger partial charge in [0, 0.05) is 11.0 Å². The van der Waals surface area contributed by atoms with Crippen LogP contribution < -0.4 is 16.4 Å². The first-order chi connectivity index (χ1) is 9.99. The average Bonchev–Trinajstić information content (AvgIpc) is 2.76. The summed E-state index contributed by atoms with van der Waals surface area (Å²) < 4.78 is 0. The number of carbonyl (C=O) groups excluding carboxylic acids is 1. The minimum atomic E-state index is -0.423. The van der Waals surface area contributed by atoms with Gasteiger partial charge in [0.25, 0.3) is 11.5 Å². The smallest absolute Gasteiger partial charge is 0.263 e. The summed E-state index contributed by atoms with van der Waals surface area (Å²) in [5, 5.41) is 10.9. The number of carbonyl (C=O) groups is 1. The van der Waals surface area contributed by atoms with Crippen LogP contribution in [0.5, 0.6) is 5.75 Å². The summed E-state index contributed by atoms with van der Waals surface area (Å²) in [7, 11) is 0. The van der Waals surface area contributed by atoms with E-state index in [2.05, 4.69) is 15.8 Å². The first-order valence-corrected chi connectivity index (χ1v) is 6.61. The first-order valence-electron chi connectivity index (χ1n) is 6.61. The van der Waals surface area contributed by atoms with Crippen molar-refractivity contribution < 1.29 is 9.90 Å². The molecule has 0 spiro atoms. The quantitative estimate of drug-likeness (QED) is 0.587. The van der Waals surface area contributed by atoms with Gasteiger partial charge in [0.2, 0.25) is 0 Å². The highest BCUT2D eigenvalue weighted by atomic mass is 16.3. The van der Waals surface area contributed by atoms with Crippen molar-refractivity contribution in [2.75, 3.05) is 0 Å². The molecule has 2 aromatic rings. The number of rotatable bonds is 1. The molecule has 4 N–H and O–H groups in total. The van der Waals surface area contributed by atoms with E-state index >= 15 is 0 Å². The molecule has 108 valence electrons. The van der Waals surface area contributed by atoms with Gasteiger partial charge in [-0.1, -0.05) is 12.1 Å². The molecule has 1 aliphatic heterocycles. The largest absolute Gasteiger partial charge is 0.506 e. The number of nitrogens with one attached hydrogen (secondary N) is 3. The van der Waals surface area contributed by atoms with E-state index in [9.17, 15) is 14.7 Å². The van der Waals surface area contributed by atoms with Gasteiger partial charge in [0.15, 0.2) is 0 Å². The van der Waals surface area contributed by atoms with Crippen molar-refractivity contribution in [3.05, 3.63) is 45.3 Å². The van der Waals surface area contributed by atoms with Crippen molar-refractivity contribution in [1.82, 2.24) is 15.8 Å². The molecule has 1 fully saturated rings. The van der Waals surface area contributed by atoms with Gasteiger partial charge in [-0.2, -0.15) is 0 Å². The highest BCUT2D eigenvalue weighted by molar-refractivity contribution is 6.02. The second-order valence-corrected chi connectivity index (χ2v) is 5.13. The Morgan fingerprint density at radius 3 is 2.71 bits per heavy atom. The fourth-order valence-corrected chi connectivity index (χ4v) is 2.46. The minimum absolute atomic E-state index is 0.0915. The third-order valence-corrected chi connectivity index (χ3v) is 3.70. The molecular weight excluding hydrogens is 270 g/mol. The van der Waals surface area contributed by atoms with Crippen LogP contribution in [0.15, 0.2) is 28.6 Å². The van der Waals surface area contributed by atoms with Crippen LogP contribution in [0.4, 0.5) is 0 Å². The molecule has 0 aliphatic carbocycles. The molecule has 1 saturated heterocycles. The van der Waals surface area contributed by atoms with E-state index in [0.717, 1.165) is 5.56 Å². The Bertz CT molecular complexity index is 836. The maximum absolute atomic E-state index is 12.2. The molecule has 3 rings (SSSR count). The van der Waals surface area contributed by atoms with E-state index in [-0.39, 0.29) is 23.3 Å². The number of benzene rings is 1. The van der Waals surface area contributed by atoms with Crippen LogP contribution in [0.1, 0.15) is 18.1 Å². The van der Waals surface area contributed by atoms with Crippen LogP contribution >= 0.6 is 0 Å². The number of hydrogen-bond donors (Lipinski definition) is 4. The molecule has 0 saturated carbocycles. The number of H-pyrrole nitrogens is 1. The molecule has 2 heterocycles. The second kappa shape index (κ2) is 4.75. The Morgan fingerprint density at radius 1 is 1.29 bits per heavy atom. The summed E-state index contributed by atoms with van der Waals surface area (Å²) in [5.74, 6) is -0.414. The molecule has 1 unspecified atom stereocenters. The summed E-state index contributed by atoms with van der Waals surface area (Å²) in [6.45, 7) is 3.65. The number of aromatic nitrogens is 1. The zero-order chi connectivity index (χ0) is 15.1. The molecular formula is C15H15N3O3. The van der Waals surface area contributed by atoms with E-state index in [0.29, 0.717) is 16.5 Å². The molecule has 6 heteroatoms. The minimum Gasteiger partial charge on any atom is -0.506 e. The van der Waals surface area contributed by atoms with Crippen molar-refractivity contribution in [2.24, 2.45) is 0 Å². The maximum Gasteiger partial charge on any atom is 0.263 e. The maximum atomic E-state index is 12.2. The van der Waals surface area contributed by atoms with Gasteiger partial charge in [0.1, 0.15) is 5.75 Å². The van der Waals surface area contributed by atoms with Gasteiger partial charge in [-0.15, -0.1) is 0 Å². The van der Waals surface area contributed by atoms with Gasteiger partial charge >= 0.3 is 0 Å². The predicted octanol–water partition coefficient (Wildman–Crippen LogP) is 0.948. The fraction of sp³-hybridized carbons (Fsp3) is 0.200. The van der Waals surface area contributed by atoms with Crippen molar-refractivity contribution >= 4 is 22.9 Å². The van der Waals surface area contributed by atoms with Gasteiger partial charge in [-0.05, 0) is 31.6 Å². The van der Waals surface area contributed by atoms with Gasteiger partial charge in [-0.25, -0.2) is 5.43 Å². The lowest BCUT2D eigenvalue weighted by molar-refractivity contribution is -0.116. The highest BCUT2D eigenvalue weighted by Gasteiger charge is 2.25. The lowest BCUT2D eigenvalue weighted by Crippen LogP contribution is -2.29. The van der Waals surface area contributed by atoms with Crippen molar-refractivity contribution in [3.63, 3.8) is 0 Å². The standard InChI is InChI=1S/C15H15N3O3/c1-7-4-3-5-9-12(7)16-14(20)11(13(9)19)6-10-8(2)17-18-15(10)21/h3-6,8,17H,1-2H3,(H,18,21)(H2,16,19,20). The Morgan fingerprint density at radius 2 is 2.05 bits per heavy atom. The molecule has 0 bridgehead atoms. The van der Waals surface area contributed by atoms with Crippen LogP contribution in [0.25, 0.3) is 17.0 Å². The number of hydrazine groups is 1. The molecule has 1 aromatic heterocycles. The predicted molar refractivity (Wildman–Crippen MR) is 79.7 cm³/mol. The van der Waals surface area contributed by atoms with E-state index in [4.69, 9.17) is 0 Å².